The first-order valence-electron chi connectivity index (χ1n) is 6.57. The lowest BCUT2D eigenvalue weighted by Gasteiger charge is -2.31. The molecule has 2 unspecified atom stereocenters. The minimum atomic E-state index is -0.398. The molecule has 2 atom stereocenters. The van der Waals surface area contributed by atoms with Gasteiger partial charge in [0.1, 0.15) is 11.6 Å². The molecule has 5 heteroatoms. The third-order valence-corrected chi connectivity index (χ3v) is 4.22. The predicted molar refractivity (Wildman–Crippen MR) is 74.6 cm³/mol. The third kappa shape index (κ3) is 4.16. The molecule has 1 aliphatic heterocycles. The summed E-state index contributed by atoms with van der Waals surface area (Å²) < 4.78 is 32.6. The quantitative estimate of drug-likeness (QED) is 0.899. The van der Waals surface area contributed by atoms with Gasteiger partial charge in [-0.2, -0.15) is 11.8 Å². The molecule has 0 bridgehead atoms. The second kappa shape index (κ2) is 7.22. The number of thioether (sulfide) groups is 1. The Morgan fingerprint density at radius 3 is 3.00 bits per heavy atom. The standard InChI is InChI=1S/C14H19F2NOS/c1-2-17-13(14-9-19-6-5-18-14)8-10-7-11(15)3-4-12(10)16/h3-4,7,13-14,17H,2,5-6,8-9H2,1H3. The highest BCUT2D eigenvalue weighted by Crippen LogP contribution is 2.20. The summed E-state index contributed by atoms with van der Waals surface area (Å²) in [6.07, 6.45) is 0.504. The van der Waals surface area contributed by atoms with Crippen molar-refractivity contribution in [3.05, 3.63) is 35.4 Å². The Balaban J connectivity index is 2.08. The van der Waals surface area contributed by atoms with Gasteiger partial charge in [0.2, 0.25) is 0 Å². The fraction of sp³-hybridized carbons (Fsp3) is 0.571. The highest BCUT2D eigenvalue weighted by molar-refractivity contribution is 7.99. The van der Waals surface area contributed by atoms with Crippen LogP contribution in [0.2, 0.25) is 0 Å². The van der Waals surface area contributed by atoms with E-state index in [9.17, 15) is 8.78 Å². The van der Waals surface area contributed by atoms with Gasteiger partial charge in [0.05, 0.1) is 12.7 Å². The van der Waals surface area contributed by atoms with Crippen molar-refractivity contribution in [2.75, 3.05) is 24.7 Å². The third-order valence-electron chi connectivity index (χ3n) is 3.20. The molecule has 2 nitrogen and oxygen atoms in total. The smallest absolute Gasteiger partial charge is 0.126 e. The molecule has 0 spiro atoms. The Bertz CT molecular complexity index is 410. The normalized spacial score (nSPS) is 21.3. The maximum absolute atomic E-state index is 13.7. The van der Waals surface area contributed by atoms with E-state index in [-0.39, 0.29) is 18.0 Å². The number of likely N-dealkylation sites (N-methyl/N-ethyl adjacent to an activating group) is 1. The van der Waals surface area contributed by atoms with Crippen molar-refractivity contribution in [3.8, 4) is 0 Å². The van der Waals surface area contributed by atoms with Gasteiger partial charge >= 0.3 is 0 Å². The first kappa shape index (κ1) is 14.8. The van der Waals surface area contributed by atoms with Gasteiger partial charge in [0, 0.05) is 17.5 Å². The Morgan fingerprint density at radius 1 is 1.47 bits per heavy atom. The number of rotatable bonds is 5. The lowest BCUT2D eigenvalue weighted by Crippen LogP contribution is -2.46. The van der Waals surface area contributed by atoms with E-state index in [0.29, 0.717) is 12.0 Å². The van der Waals surface area contributed by atoms with Gasteiger partial charge in [0.15, 0.2) is 0 Å². The molecule has 0 radical (unpaired) electrons. The second-order valence-electron chi connectivity index (χ2n) is 4.59. The lowest BCUT2D eigenvalue weighted by atomic mass is 10.0. The topological polar surface area (TPSA) is 21.3 Å². The van der Waals surface area contributed by atoms with Crippen LogP contribution in [0.25, 0.3) is 0 Å². The molecule has 1 saturated heterocycles. The molecule has 1 aromatic carbocycles. The van der Waals surface area contributed by atoms with E-state index in [1.807, 2.05) is 18.7 Å². The fourth-order valence-corrected chi connectivity index (χ4v) is 3.21. The van der Waals surface area contributed by atoms with Crippen LogP contribution in [0.1, 0.15) is 12.5 Å². The number of benzene rings is 1. The van der Waals surface area contributed by atoms with E-state index >= 15 is 0 Å². The number of hydrogen-bond acceptors (Lipinski definition) is 3. The van der Waals surface area contributed by atoms with E-state index in [0.717, 1.165) is 30.7 Å². The lowest BCUT2D eigenvalue weighted by molar-refractivity contribution is 0.0474. The summed E-state index contributed by atoms with van der Waals surface area (Å²) in [5.74, 6) is 1.15. The maximum Gasteiger partial charge on any atom is 0.126 e. The first-order chi connectivity index (χ1) is 9.20. The Kier molecular flexibility index (Phi) is 5.60. The van der Waals surface area contributed by atoms with Gasteiger partial charge < -0.3 is 10.1 Å². The molecular weight excluding hydrogens is 268 g/mol. The van der Waals surface area contributed by atoms with Crippen LogP contribution in [0.3, 0.4) is 0 Å². The van der Waals surface area contributed by atoms with Gasteiger partial charge in [0.25, 0.3) is 0 Å². The molecule has 106 valence electrons. The Morgan fingerprint density at radius 2 is 2.32 bits per heavy atom. The fourth-order valence-electron chi connectivity index (χ4n) is 2.27. The van der Waals surface area contributed by atoms with E-state index in [2.05, 4.69) is 5.32 Å². The highest BCUT2D eigenvalue weighted by Gasteiger charge is 2.25. The zero-order chi connectivity index (χ0) is 13.7. The van der Waals surface area contributed by atoms with Gasteiger partial charge in [-0.05, 0) is 36.7 Å². The summed E-state index contributed by atoms with van der Waals surface area (Å²) >= 11 is 1.84. The van der Waals surface area contributed by atoms with Crippen molar-refractivity contribution in [1.82, 2.24) is 5.32 Å². The SMILES string of the molecule is CCNC(Cc1cc(F)ccc1F)C1CSCCO1. The molecule has 19 heavy (non-hydrogen) atoms. The van der Waals surface area contributed by atoms with Crippen LogP contribution < -0.4 is 5.32 Å². The Labute approximate surface area is 116 Å². The summed E-state index contributed by atoms with van der Waals surface area (Å²) in [5.41, 5.74) is 0.408. The van der Waals surface area contributed by atoms with Gasteiger partial charge in [-0.25, -0.2) is 8.78 Å². The minimum absolute atomic E-state index is 0.0223. The molecular formula is C14H19F2NOS. The number of hydrogen-bond donors (Lipinski definition) is 1. The van der Waals surface area contributed by atoms with Gasteiger partial charge in [-0.1, -0.05) is 6.92 Å². The zero-order valence-electron chi connectivity index (χ0n) is 11.0. The Hall–Kier alpha value is -0.650. The van der Waals surface area contributed by atoms with Crippen molar-refractivity contribution in [2.45, 2.75) is 25.5 Å². The van der Waals surface area contributed by atoms with Crippen molar-refractivity contribution in [1.29, 1.82) is 0 Å². The van der Waals surface area contributed by atoms with Crippen LogP contribution in [0.5, 0.6) is 0 Å². The summed E-state index contributed by atoms with van der Waals surface area (Å²) in [6.45, 7) is 3.51. The molecule has 0 saturated carbocycles. The van der Waals surface area contributed by atoms with E-state index in [4.69, 9.17) is 4.74 Å². The van der Waals surface area contributed by atoms with Crippen molar-refractivity contribution < 1.29 is 13.5 Å². The summed E-state index contributed by atoms with van der Waals surface area (Å²) in [4.78, 5) is 0. The van der Waals surface area contributed by atoms with E-state index in [1.165, 1.54) is 12.1 Å². The molecule has 2 rings (SSSR count). The molecule has 1 aromatic rings. The average molecular weight is 287 g/mol. The molecule has 0 aliphatic carbocycles. The molecule has 1 fully saturated rings. The molecule has 1 N–H and O–H groups in total. The minimum Gasteiger partial charge on any atom is -0.375 e. The largest absolute Gasteiger partial charge is 0.375 e. The van der Waals surface area contributed by atoms with Crippen LogP contribution in [0.15, 0.2) is 18.2 Å². The van der Waals surface area contributed by atoms with Crippen LogP contribution in [-0.4, -0.2) is 36.8 Å². The van der Waals surface area contributed by atoms with Crippen molar-refractivity contribution in [3.63, 3.8) is 0 Å². The number of ether oxygens (including phenoxy) is 1. The maximum atomic E-state index is 13.7. The molecule has 1 aliphatic rings. The number of nitrogens with one attached hydrogen (secondary N) is 1. The highest BCUT2D eigenvalue weighted by atomic mass is 32.2. The van der Waals surface area contributed by atoms with Crippen molar-refractivity contribution >= 4 is 11.8 Å². The molecule has 0 amide bonds. The molecule has 0 aromatic heterocycles. The number of halogens is 2. The summed E-state index contributed by atoms with van der Waals surface area (Å²) in [5, 5.41) is 3.32. The molecule has 1 heterocycles. The van der Waals surface area contributed by atoms with Gasteiger partial charge in [-0.15, -0.1) is 0 Å². The van der Waals surface area contributed by atoms with Crippen molar-refractivity contribution in [2.24, 2.45) is 0 Å². The van der Waals surface area contributed by atoms with Crippen LogP contribution in [0.4, 0.5) is 8.78 Å². The summed E-state index contributed by atoms with van der Waals surface area (Å²) in [6, 6.07) is 3.63. The second-order valence-corrected chi connectivity index (χ2v) is 5.74. The van der Waals surface area contributed by atoms with Crippen LogP contribution >= 0.6 is 11.8 Å². The average Bonchev–Trinajstić information content (AvgIpc) is 2.43. The van der Waals surface area contributed by atoms with Crippen LogP contribution in [0, 0.1) is 11.6 Å². The first-order valence-corrected chi connectivity index (χ1v) is 7.73. The van der Waals surface area contributed by atoms with E-state index in [1.54, 1.807) is 0 Å². The monoisotopic (exact) mass is 287 g/mol. The van der Waals surface area contributed by atoms with Gasteiger partial charge in [-0.3, -0.25) is 0 Å². The van der Waals surface area contributed by atoms with E-state index < -0.39 is 5.82 Å². The predicted octanol–water partition coefficient (Wildman–Crippen LogP) is 2.62. The van der Waals surface area contributed by atoms with Crippen LogP contribution in [-0.2, 0) is 11.2 Å². The zero-order valence-corrected chi connectivity index (χ0v) is 11.8. The summed E-state index contributed by atoms with van der Waals surface area (Å²) in [7, 11) is 0.